The second kappa shape index (κ2) is 8.79. The summed E-state index contributed by atoms with van der Waals surface area (Å²) in [4.78, 5) is 5.10. The van der Waals surface area contributed by atoms with Crippen LogP contribution in [0.3, 0.4) is 0 Å². The highest BCUT2D eigenvalue weighted by molar-refractivity contribution is 5.57. The van der Waals surface area contributed by atoms with Gasteiger partial charge in [0.1, 0.15) is 11.6 Å². The van der Waals surface area contributed by atoms with Gasteiger partial charge in [0.25, 0.3) is 0 Å². The normalized spacial score (nSPS) is 20.8. The summed E-state index contributed by atoms with van der Waals surface area (Å²) in [6.07, 6.45) is 6.44. The standard InChI is InChI=1S/C20H32N6/c1-4-17-18(14-21)20(24-23-19(17)5-2)22-15-6-12-26(13-7-15)16-8-10-25(3)11-9-16/h15-16H,4-13H2,1-3H3,(H,22,24). The van der Waals surface area contributed by atoms with Crippen molar-refractivity contribution in [2.45, 2.75) is 64.5 Å². The maximum atomic E-state index is 9.64. The third-order valence-corrected chi connectivity index (χ3v) is 6.03. The number of rotatable bonds is 5. The number of nitrogens with one attached hydrogen (secondary N) is 1. The molecule has 142 valence electrons. The lowest BCUT2D eigenvalue weighted by molar-refractivity contribution is 0.0993. The Morgan fingerprint density at radius 1 is 1.04 bits per heavy atom. The minimum Gasteiger partial charge on any atom is -0.365 e. The van der Waals surface area contributed by atoms with Crippen LogP contribution < -0.4 is 5.32 Å². The molecule has 0 bridgehead atoms. The lowest BCUT2D eigenvalue weighted by atomic mass is 9.97. The molecule has 6 heteroatoms. The van der Waals surface area contributed by atoms with Gasteiger partial charge in [-0.3, -0.25) is 0 Å². The highest BCUT2D eigenvalue weighted by Crippen LogP contribution is 2.25. The van der Waals surface area contributed by atoms with Gasteiger partial charge in [-0.25, -0.2) is 0 Å². The Bertz CT molecular complexity index is 636. The topological polar surface area (TPSA) is 68.1 Å². The predicted octanol–water partition coefficient (Wildman–Crippen LogP) is 2.44. The summed E-state index contributed by atoms with van der Waals surface area (Å²) in [7, 11) is 2.22. The van der Waals surface area contributed by atoms with Crippen molar-refractivity contribution in [3.8, 4) is 6.07 Å². The molecule has 1 aromatic heterocycles. The molecular weight excluding hydrogens is 324 g/mol. The van der Waals surface area contributed by atoms with Crippen LogP contribution in [-0.4, -0.2) is 65.3 Å². The van der Waals surface area contributed by atoms with Gasteiger partial charge in [-0.05, 0) is 64.2 Å². The van der Waals surface area contributed by atoms with Crippen molar-refractivity contribution in [2.75, 3.05) is 38.5 Å². The number of nitriles is 1. The van der Waals surface area contributed by atoms with E-state index in [-0.39, 0.29) is 0 Å². The van der Waals surface area contributed by atoms with E-state index in [1.165, 1.54) is 25.9 Å². The van der Waals surface area contributed by atoms with Gasteiger partial charge in [0.2, 0.25) is 0 Å². The molecule has 3 rings (SSSR count). The molecule has 26 heavy (non-hydrogen) atoms. The van der Waals surface area contributed by atoms with Crippen molar-refractivity contribution in [3.05, 3.63) is 16.8 Å². The molecule has 0 spiro atoms. The Labute approximate surface area is 157 Å². The maximum Gasteiger partial charge on any atom is 0.167 e. The fourth-order valence-electron chi connectivity index (χ4n) is 4.36. The first-order valence-electron chi connectivity index (χ1n) is 10.1. The van der Waals surface area contributed by atoms with Gasteiger partial charge < -0.3 is 15.1 Å². The summed E-state index contributed by atoms with van der Waals surface area (Å²) in [6, 6.07) is 3.50. The van der Waals surface area contributed by atoms with Crippen LogP contribution in [0.4, 0.5) is 5.82 Å². The Morgan fingerprint density at radius 2 is 1.73 bits per heavy atom. The Morgan fingerprint density at radius 3 is 2.31 bits per heavy atom. The summed E-state index contributed by atoms with van der Waals surface area (Å²) in [5, 5.41) is 21.9. The van der Waals surface area contributed by atoms with E-state index in [1.54, 1.807) is 0 Å². The molecule has 0 amide bonds. The predicted molar refractivity (Wildman–Crippen MR) is 104 cm³/mol. The van der Waals surface area contributed by atoms with Crippen molar-refractivity contribution >= 4 is 5.82 Å². The minimum atomic E-state index is 0.385. The van der Waals surface area contributed by atoms with E-state index in [0.29, 0.717) is 17.4 Å². The zero-order valence-electron chi connectivity index (χ0n) is 16.5. The van der Waals surface area contributed by atoms with Gasteiger partial charge in [0.05, 0.1) is 5.69 Å². The number of likely N-dealkylation sites (tertiary alicyclic amines) is 2. The summed E-state index contributed by atoms with van der Waals surface area (Å²) in [5.41, 5.74) is 2.69. The fraction of sp³-hybridized carbons (Fsp3) is 0.750. The van der Waals surface area contributed by atoms with Gasteiger partial charge in [-0.15, -0.1) is 5.10 Å². The lowest BCUT2D eigenvalue weighted by Crippen LogP contribution is -2.48. The van der Waals surface area contributed by atoms with Gasteiger partial charge in [0.15, 0.2) is 5.82 Å². The first kappa shape index (κ1) is 19.1. The zero-order valence-corrected chi connectivity index (χ0v) is 16.5. The van der Waals surface area contributed by atoms with Crippen LogP contribution >= 0.6 is 0 Å². The second-order valence-electron chi connectivity index (χ2n) is 7.66. The number of hydrogen-bond acceptors (Lipinski definition) is 6. The number of anilines is 1. The van der Waals surface area contributed by atoms with Gasteiger partial charge in [-0.2, -0.15) is 10.4 Å². The van der Waals surface area contributed by atoms with Crippen LogP contribution in [0.15, 0.2) is 0 Å². The molecular formula is C20H32N6. The fourth-order valence-corrected chi connectivity index (χ4v) is 4.36. The Hall–Kier alpha value is -1.71. The number of hydrogen-bond donors (Lipinski definition) is 1. The number of aromatic nitrogens is 2. The average Bonchev–Trinajstić information content (AvgIpc) is 2.68. The van der Waals surface area contributed by atoms with E-state index in [1.807, 2.05) is 0 Å². The SMILES string of the molecule is CCc1nnc(NC2CCN(C3CCN(C)CC3)CC2)c(C#N)c1CC. The molecule has 0 aliphatic carbocycles. The Balaban J connectivity index is 1.60. The van der Waals surface area contributed by atoms with Crippen LogP contribution in [-0.2, 0) is 12.8 Å². The van der Waals surface area contributed by atoms with E-state index in [2.05, 4.69) is 52.3 Å². The molecule has 2 saturated heterocycles. The molecule has 3 heterocycles. The summed E-state index contributed by atoms with van der Waals surface area (Å²) >= 11 is 0. The van der Waals surface area contributed by atoms with Crippen molar-refractivity contribution < 1.29 is 0 Å². The Kier molecular flexibility index (Phi) is 6.44. The highest BCUT2D eigenvalue weighted by atomic mass is 15.2. The third kappa shape index (κ3) is 4.16. The summed E-state index contributed by atoms with van der Waals surface area (Å²) in [6.45, 7) is 8.85. The van der Waals surface area contributed by atoms with Crippen molar-refractivity contribution in [1.82, 2.24) is 20.0 Å². The van der Waals surface area contributed by atoms with E-state index < -0.39 is 0 Å². The molecule has 0 saturated carbocycles. The summed E-state index contributed by atoms with van der Waals surface area (Å²) < 4.78 is 0. The first-order valence-corrected chi connectivity index (χ1v) is 10.1. The molecule has 1 N–H and O–H groups in total. The largest absolute Gasteiger partial charge is 0.365 e. The van der Waals surface area contributed by atoms with E-state index in [9.17, 15) is 5.26 Å². The molecule has 2 fully saturated rings. The molecule has 2 aliphatic rings. The van der Waals surface area contributed by atoms with E-state index >= 15 is 0 Å². The van der Waals surface area contributed by atoms with Crippen LogP contribution in [0.2, 0.25) is 0 Å². The smallest absolute Gasteiger partial charge is 0.167 e. The number of nitrogens with zero attached hydrogens (tertiary/aromatic N) is 5. The van der Waals surface area contributed by atoms with Crippen molar-refractivity contribution in [3.63, 3.8) is 0 Å². The van der Waals surface area contributed by atoms with Crippen molar-refractivity contribution in [2.24, 2.45) is 0 Å². The lowest BCUT2D eigenvalue weighted by Gasteiger charge is -2.41. The van der Waals surface area contributed by atoms with Crippen LogP contribution in [0.1, 0.15) is 56.4 Å². The number of piperidine rings is 2. The molecule has 2 aliphatic heterocycles. The maximum absolute atomic E-state index is 9.64. The molecule has 1 aromatic rings. The second-order valence-corrected chi connectivity index (χ2v) is 7.66. The molecule has 0 unspecified atom stereocenters. The summed E-state index contributed by atoms with van der Waals surface area (Å²) in [5.74, 6) is 0.680. The first-order chi connectivity index (χ1) is 12.7. The van der Waals surface area contributed by atoms with E-state index in [4.69, 9.17) is 0 Å². The quantitative estimate of drug-likeness (QED) is 0.874. The van der Waals surface area contributed by atoms with Crippen LogP contribution in [0.25, 0.3) is 0 Å². The minimum absolute atomic E-state index is 0.385. The van der Waals surface area contributed by atoms with Gasteiger partial charge >= 0.3 is 0 Å². The van der Waals surface area contributed by atoms with Gasteiger partial charge in [0, 0.05) is 25.2 Å². The molecule has 0 aromatic carbocycles. The molecule has 0 atom stereocenters. The number of aryl methyl sites for hydroxylation is 1. The zero-order chi connectivity index (χ0) is 18.5. The highest BCUT2D eigenvalue weighted by Gasteiger charge is 2.28. The average molecular weight is 357 g/mol. The third-order valence-electron chi connectivity index (χ3n) is 6.03. The van der Waals surface area contributed by atoms with E-state index in [0.717, 1.165) is 56.1 Å². The van der Waals surface area contributed by atoms with Crippen molar-refractivity contribution in [1.29, 1.82) is 5.26 Å². The molecule has 0 radical (unpaired) electrons. The monoisotopic (exact) mass is 356 g/mol. The van der Waals surface area contributed by atoms with Crippen LogP contribution in [0, 0.1) is 11.3 Å². The van der Waals surface area contributed by atoms with Gasteiger partial charge in [-0.1, -0.05) is 13.8 Å². The van der Waals surface area contributed by atoms with Crippen LogP contribution in [0.5, 0.6) is 0 Å². The molecule has 6 nitrogen and oxygen atoms in total.